The average molecular weight is 249 g/mol. The smallest absolute Gasteiger partial charge is 0.231 e. The standard InChI is InChI=1S/C14H19NO3/c1-15-13(14(8-16)5-2-6-14)10-3-4-11-12(7-10)18-9-17-11/h3-4,7,13,15-16H,2,5-6,8-9H2,1H3. The maximum absolute atomic E-state index is 9.70. The van der Waals surface area contributed by atoms with E-state index >= 15 is 0 Å². The van der Waals surface area contributed by atoms with Gasteiger partial charge in [0.05, 0.1) is 6.61 Å². The first-order chi connectivity index (χ1) is 8.79. The third kappa shape index (κ3) is 1.68. The van der Waals surface area contributed by atoms with E-state index in [4.69, 9.17) is 9.47 Å². The molecule has 1 atom stereocenters. The summed E-state index contributed by atoms with van der Waals surface area (Å²) < 4.78 is 10.7. The number of fused-ring (bicyclic) bond motifs is 1. The summed E-state index contributed by atoms with van der Waals surface area (Å²) in [7, 11) is 1.95. The van der Waals surface area contributed by atoms with Crippen molar-refractivity contribution in [1.82, 2.24) is 5.32 Å². The second-order valence-corrected chi connectivity index (χ2v) is 5.21. The molecule has 0 aromatic heterocycles. The number of rotatable bonds is 4. The summed E-state index contributed by atoms with van der Waals surface area (Å²) in [5, 5.41) is 13.0. The van der Waals surface area contributed by atoms with Gasteiger partial charge in [-0.2, -0.15) is 0 Å². The molecular formula is C14H19NO3. The van der Waals surface area contributed by atoms with Crippen LogP contribution in [0.1, 0.15) is 30.9 Å². The number of aliphatic hydroxyl groups is 1. The van der Waals surface area contributed by atoms with E-state index in [9.17, 15) is 5.11 Å². The van der Waals surface area contributed by atoms with Gasteiger partial charge in [0.1, 0.15) is 0 Å². The van der Waals surface area contributed by atoms with Crippen molar-refractivity contribution in [2.45, 2.75) is 25.3 Å². The summed E-state index contributed by atoms with van der Waals surface area (Å²) in [6.45, 7) is 0.529. The first kappa shape index (κ1) is 11.8. The Morgan fingerprint density at radius 1 is 1.33 bits per heavy atom. The lowest BCUT2D eigenvalue weighted by atomic mass is 9.63. The van der Waals surface area contributed by atoms with Gasteiger partial charge in [0, 0.05) is 11.5 Å². The minimum Gasteiger partial charge on any atom is -0.454 e. The van der Waals surface area contributed by atoms with E-state index in [0.717, 1.165) is 29.9 Å². The monoisotopic (exact) mass is 249 g/mol. The topological polar surface area (TPSA) is 50.7 Å². The molecular weight excluding hydrogens is 230 g/mol. The lowest BCUT2D eigenvalue weighted by molar-refractivity contribution is 0.00778. The highest BCUT2D eigenvalue weighted by Crippen LogP contribution is 2.50. The maximum atomic E-state index is 9.70. The summed E-state index contributed by atoms with van der Waals surface area (Å²) >= 11 is 0. The zero-order chi connectivity index (χ0) is 12.6. The predicted molar refractivity (Wildman–Crippen MR) is 67.7 cm³/mol. The van der Waals surface area contributed by atoms with E-state index in [2.05, 4.69) is 11.4 Å². The molecule has 2 aliphatic rings. The van der Waals surface area contributed by atoms with Crippen LogP contribution in [-0.2, 0) is 0 Å². The van der Waals surface area contributed by atoms with Gasteiger partial charge >= 0.3 is 0 Å². The zero-order valence-corrected chi connectivity index (χ0v) is 10.6. The summed E-state index contributed by atoms with van der Waals surface area (Å²) in [6, 6.07) is 6.21. The highest BCUT2D eigenvalue weighted by atomic mass is 16.7. The van der Waals surface area contributed by atoms with Gasteiger partial charge in [-0.25, -0.2) is 0 Å². The molecule has 0 saturated heterocycles. The third-order valence-corrected chi connectivity index (χ3v) is 4.30. The molecule has 1 aliphatic carbocycles. The largest absolute Gasteiger partial charge is 0.454 e. The summed E-state index contributed by atoms with van der Waals surface area (Å²) in [5.41, 5.74) is 1.15. The van der Waals surface area contributed by atoms with Crippen LogP contribution in [0.4, 0.5) is 0 Å². The molecule has 1 aliphatic heterocycles. The molecule has 1 aromatic carbocycles. The molecule has 0 amide bonds. The van der Waals surface area contributed by atoms with Crippen LogP contribution in [0, 0.1) is 5.41 Å². The number of aliphatic hydroxyl groups excluding tert-OH is 1. The number of hydrogen-bond acceptors (Lipinski definition) is 4. The predicted octanol–water partition coefficient (Wildman–Crippen LogP) is 1.84. The van der Waals surface area contributed by atoms with E-state index < -0.39 is 0 Å². The van der Waals surface area contributed by atoms with Crippen LogP contribution >= 0.6 is 0 Å². The highest BCUT2D eigenvalue weighted by Gasteiger charge is 2.43. The van der Waals surface area contributed by atoms with Gasteiger partial charge in [0.15, 0.2) is 11.5 Å². The van der Waals surface area contributed by atoms with Crippen molar-refractivity contribution < 1.29 is 14.6 Å². The third-order valence-electron chi connectivity index (χ3n) is 4.30. The van der Waals surface area contributed by atoms with Gasteiger partial charge in [-0.1, -0.05) is 12.5 Å². The molecule has 1 saturated carbocycles. The van der Waals surface area contributed by atoms with Crippen molar-refractivity contribution in [2.75, 3.05) is 20.4 Å². The van der Waals surface area contributed by atoms with Crippen LogP contribution in [0.25, 0.3) is 0 Å². The molecule has 1 unspecified atom stereocenters. The van der Waals surface area contributed by atoms with Crippen molar-refractivity contribution in [3.8, 4) is 11.5 Å². The zero-order valence-electron chi connectivity index (χ0n) is 10.6. The summed E-state index contributed by atoms with van der Waals surface area (Å²) in [4.78, 5) is 0. The molecule has 98 valence electrons. The summed E-state index contributed by atoms with van der Waals surface area (Å²) in [5.74, 6) is 1.61. The number of ether oxygens (including phenoxy) is 2. The molecule has 4 nitrogen and oxygen atoms in total. The first-order valence-corrected chi connectivity index (χ1v) is 6.47. The Morgan fingerprint density at radius 3 is 2.72 bits per heavy atom. The lowest BCUT2D eigenvalue weighted by Crippen LogP contribution is -2.44. The SMILES string of the molecule is CNC(c1ccc2c(c1)OCO2)C1(CO)CCC1. The van der Waals surface area contributed by atoms with E-state index in [1.165, 1.54) is 6.42 Å². The van der Waals surface area contributed by atoms with Crippen LogP contribution in [0.5, 0.6) is 11.5 Å². The lowest BCUT2D eigenvalue weighted by Gasteiger charge is -2.46. The molecule has 0 bridgehead atoms. The highest BCUT2D eigenvalue weighted by molar-refractivity contribution is 5.45. The first-order valence-electron chi connectivity index (χ1n) is 6.47. The van der Waals surface area contributed by atoms with Crippen molar-refractivity contribution in [3.05, 3.63) is 23.8 Å². The summed E-state index contributed by atoms with van der Waals surface area (Å²) in [6.07, 6.45) is 3.34. The van der Waals surface area contributed by atoms with Crippen molar-refractivity contribution in [1.29, 1.82) is 0 Å². The number of nitrogens with one attached hydrogen (secondary N) is 1. The molecule has 4 heteroatoms. The van der Waals surface area contributed by atoms with Gasteiger partial charge < -0.3 is 19.9 Å². The molecule has 18 heavy (non-hydrogen) atoms. The second-order valence-electron chi connectivity index (χ2n) is 5.21. The Morgan fingerprint density at radius 2 is 2.11 bits per heavy atom. The molecule has 0 radical (unpaired) electrons. The van der Waals surface area contributed by atoms with Gasteiger partial charge in [-0.15, -0.1) is 0 Å². The average Bonchev–Trinajstić information content (AvgIpc) is 2.80. The normalized spacial score (nSPS) is 21.4. The van der Waals surface area contributed by atoms with Crippen molar-refractivity contribution in [2.24, 2.45) is 5.41 Å². The fourth-order valence-corrected chi connectivity index (χ4v) is 3.09. The van der Waals surface area contributed by atoms with Gasteiger partial charge in [-0.05, 0) is 37.6 Å². The van der Waals surface area contributed by atoms with Gasteiger partial charge in [-0.3, -0.25) is 0 Å². The quantitative estimate of drug-likeness (QED) is 0.855. The Labute approximate surface area is 107 Å². The van der Waals surface area contributed by atoms with Crippen molar-refractivity contribution >= 4 is 0 Å². The molecule has 1 fully saturated rings. The van der Waals surface area contributed by atoms with Gasteiger partial charge in [0.25, 0.3) is 0 Å². The Kier molecular flexibility index (Phi) is 2.92. The van der Waals surface area contributed by atoms with Crippen LogP contribution in [0.15, 0.2) is 18.2 Å². The maximum Gasteiger partial charge on any atom is 0.231 e. The minimum atomic E-state index is -0.0115. The number of benzene rings is 1. The van der Waals surface area contributed by atoms with E-state index in [0.29, 0.717) is 6.79 Å². The minimum absolute atomic E-state index is 0.0115. The van der Waals surface area contributed by atoms with E-state index in [1.807, 2.05) is 19.2 Å². The molecule has 1 heterocycles. The van der Waals surface area contributed by atoms with E-state index in [-0.39, 0.29) is 18.1 Å². The molecule has 2 N–H and O–H groups in total. The fourth-order valence-electron chi connectivity index (χ4n) is 3.09. The molecule has 0 spiro atoms. The number of hydrogen-bond donors (Lipinski definition) is 2. The Hall–Kier alpha value is -1.26. The molecule has 3 rings (SSSR count). The Bertz CT molecular complexity index is 437. The molecule has 1 aromatic rings. The Balaban J connectivity index is 1.92. The van der Waals surface area contributed by atoms with Crippen molar-refractivity contribution in [3.63, 3.8) is 0 Å². The fraction of sp³-hybridized carbons (Fsp3) is 0.571. The van der Waals surface area contributed by atoms with E-state index in [1.54, 1.807) is 0 Å². The van der Waals surface area contributed by atoms with Crippen LogP contribution < -0.4 is 14.8 Å². The van der Waals surface area contributed by atoms with Crippen LogP contribution in [0.2, 0.25) is 0 Å². The second kappa shape index (κ2) is 4.44. The van der Waals surface area contributed by atoms with Crippen LogP contribution in [-0.4, -0.2) is 25.6 Å². The van der Waals surface area contributed by atoms with Crippen LogP contribution in [0.3, 0.4) is 0 Å². The van der Waals surface area contributed by atoms with Gasteiger partial charge in [0.2, 0.25) is 6.79 Å².